The Kier molecular flexibility index (Phi) is 9.36. The summed E-state index contributed by atoms with van der Waals surface area (Å²) in [6.45, 7) is 6.91. The molecule has 2 aliphatic rings. The number of carbonyl (C=O) groups is 1. The first kappa shape index (κ1) is 24.5. The monoisotopic (exact) mass is 553 g/mol. The number of nitrogens with zero attached hydrogens (tertiary/aromatic N) is 4. The van der Waals surface area contributed by atoms with Crippen LogP contribution in [0.1, 0.15) is 22.2 Å². The van der Waals surface area contributed by atoms with E-state index in [1.165, 1.54) is 11.8 Å². The second kappa shape index (κ2) is 12.2. The first-order chi connectivity index (χ1) is 15.3. The summed E-state index contributed by atoms with van der Waals surface area (Å²) in [5, 5.41) is 3.58. The number of piperazine rings is 1. The van der Waals surface area contributed by atoms with Crippen molar-refractivity contribution < 1.29 is 13.9 Å². The van der Waals surface area contributed by atoms with E-state index in [1.807, 2.05) is 11.9 Å². The van der Waals surface area contributed by atoms with E-state index in [-0.39, 0.29) is 35.9 Å². The number of hydrogen-bond acceptors (Lipinski definition) is 5. The summed E-state index contributed by atoms with van der Waals surface area (Å²) >= 11 is 0. The molecule has 1 aromatic carbocycles. The van der Waals surface area contributed by atoms with E-state index in [2.05, 4.69) is 50.4 Å². The number of carbonyl (C=O) groups excluding carboxylic acids is 1. The highest BCUT2D eigenvalue weighted by Gasteiger charge is 2.27. The minimum atomic E-state index is -0.0518. The zero-order valence-corrected chi connectivity index (χ0v) is 20.8. The molecule has 1 unspecified atom stereocenters. The number of furan rings is 1. The molecule has 2 aliphatic heterocycles. The van der Waals surface area contributed by atoms with Crippen LogP contribution in [0.4, 0.5) is 0 Å². The van der Waals surface area contributed by atoms with Crippen LogP contribution in [0.3, 0.4) is 0 Å². The number of amides is 1. The van der Waals surface area contributed by atoms with Crippen molar-refractivity contribution in [3.63, 3.8) is 0 Å². The second-order valence-corrected chi connectivity index (χ2v) is 7.76. The van der Waals surface area contributed by atoms with Crippen molar-refractivity contribution in [2.45, 2.75) is 6.04 Å². The Morgan fingerprint density at radius 3 is 2.31 bits per heavy atom. The van der Waals surface area contributed by atoms with Crippen molar-refractivity contribution in [3.05, 3.63) is 60.1 Å². The molecule has 0 aliphatic carbocycles. The maximum absolute atomic E-state index is 12.5. The van der Waals surface area contributed by atoms with Gasteiger partial charge >= 0.3 is 0 Å². The van der Waals surface area contributed by atoms with Gasteiger partial charge in [0.1, 0.15) is 0 Å². The van der Waals surface area contributed by atoms with Crippen LogP contribution in [0, 0.1) is 0 Å². The van der Waals surface area contributed by atoms with E-state index in [0.29, 0.717) is 18.8 Å². The molecule has 0 radical (unpaired) electrons. The summed E-state index contributed by atoms with van der Waals surface area (Å²) in [7, 11) is 1.81. The number of nitrogens with one attached hydrogen (secondary N) is 1. The molecule has 0 saturated carbocycles. The van der Waals surface area contributed by atoms with E-state index < -0.39 is 0 Å². The van der Waals surface area contributed by atoms with Gasteiger partial charge in [0.25, 0.3) is 5.91 Å². The largest absolute Gasteiger partial charge is 0.459 e. The van der Waals surface area contributed by atoms with Crippen LogP contribution in [-0.4, -0.2) is 92.6 Å². The fraction of sp³-hybridized carbons (Fsp3) is 0.478. The molecular weight excluding hydrogens is 521 g/mol. The van der Waals surface area contributed by atoms with Crippen LogP contribution < -0.4 is 5.32 Å². The van der Waals surface area contributed by atoms with Gasteiger partial charge in [0.05, 0.1) is 25.5 Å². The standard InChI is InChI=1S/C23H31N5O3.HI/c1-24-23(28-11-9-27(10-12-28)22(29)21-8-5-15-31-21)25-18-20(19-6-3-2-4-7-19)26-13-16-30-17-14-26;/h2-8,15,20H,9-14,16-18H2,1H3,(H,24,25);1H. The zero-order valence-electron chi connectivity index (χ0n) is 18.5. The zero-order chi connectivity index (χ0) is 21.5. The lowest BCUT2D eigenvalue weighted by Gasteiger charge is -2.38. The quantitative estimate of drug-likeness (QED) is 0.348. The van der Waals surface area contributed by atoms with Crippen molar-refractivity contribution in [2.75, 3.05) is 66.1 Å². The molecule has 0 spiro atoms. The van der Waals surface area contributed by atoms with Gasteiger partial charge in [0, 0.05) is 52.9 Å². The van der Waals surface area contributed by atoms with Gasteiger partial charge in [-0.1, -0.05) is 30.3 Å². The van der Waals surface area contributed by atoms with Crippen molar-refractivity contribution in [1.82, 2.24) is 20.0 Å². The molecule has 3 heterocycles. The number of benzene rings is 1. The Morgan fingerprint density at radius 2 is 1.69 bits per heavy atom. The first-order valence-electron chi connectivity index (χ1n) is 10.9. The molecule has 1 amide bonds. The molecular formula is C23H32IN5O3. The highest BCUT2D eigenvalue weighted by molar-refractivity contribution is 14.0. The van der Waals surface area contributed by atoms with Gasteiger partial charge < -0.3 is 24.3 Å². The van der Waals surface area contributed by atoms with Crippen molar-refractivity contribution in [2.24, 2.45) is 4.99 Å². The van der Waals surface area contributed by atoms with Gasteiger partial charge in [-0.2, -0.15) is 0 Å². The lowest BCUT2D eigenvalue weighted by atomic mass is 10.0. The van der Waals surface area contributed by atoms with Gasteiger partial charge in [-0.05, 0) is 17.7 Å². The first-order valence-corrected chi connectivity index (χ1v) is 10.9. The van der Waals surface area contributed by atoms with Gasteiger partial charge in [0.15, 0.2) is 11.7 Å². The van der Waals surface area contributed by atoms with E-state index in [0.717, 1.165) is 51.9 Å². The SMILES string of the molecule is CN=C(NCC(c1ccccc1)N1CCOCC1)N1CCN(C(=O)c2ccco2)CC1.I. The van der Waals surface area contributed by atoms with Crippen LogP contribution in [0.5, 0.6) is 0 Å². The van der Waals surface area contributed by atoms with Crippen molar-refractivity contribution in [3.8, 4) is 0 Å². The van der Waals surface area contributed by atoms with Gasteiger partial charge in [-0.15, -0.1) is 24.0 Å². The molecule has 8 nitrogen and oxygen atoms in total. The summed E-state index contributed by atoms with van der Waals surface area (Å²) in [5.41, 5.74) is 1.29. The Balaban J connectivity index is 0.00000289. The third kappa shape index (κ3) is 6.02. The highest BCUT2D eigenvalue weighted by atomic mass is 127. The Hall–Kier alpha value is -2.11. The van der Waals surface area contributed by atoms with Gasteiger partial charge in [0.2, 0.25) is 0 Å². The fourth-order valence-electron chi connectivity index (χ4n) is 4.22. The smallest absolute Gasteiger partial charge is 0.289 e. The van der Waals surface area contributed by atoms with Crippen LogP contribution in [0.15, 0.2) is 58.1 Å². The lowest BCUT2D eigenvalue weighted by Crippen LogP contribution is -2.54. The van der Waals surface area contributed by atoms with Crippen LogP contribution in [0.25, 0.3) is 0 Å². The van der Waals surface area contributed by atoms with Crippen LogP contribution in [0.2, 0.25) is 0 Å². The highest BCUT2D eigenvalue weighted by Crippen LogP contribution is 2.21. The maximum Gasteiger partial charge on any atom is 0.289 e. The Labute approximate surface area is 206 Å². The third-order valence-corrected chi connectivity index (χ3v) is 5.93. The van der Waals surface area contributed by atoms with Crippen molar-refractivity contribution in [1.29, 1.82) is 0 Å². The molecule has 1 atom stereocenters. The maximum atomic E-state index is 12.5. The Bertz CT molecular complexity index is 848. The molecule has 0 bridgehead atoms. The Morgan fingerprint density at radius 1 is 1.00 bits per heavy atom. The van der Waals surface area contributed by atoms with Gasteiger partial charge in [-0.25, -0.2) is 0 Å². The number of guanidine groups is 1. The number of halogens is 1. The lowest BCUT2D eigenvalue weighted by molar-refractivity contribution is 0.0168. The van der Waals surface area contributed by atoms with E-state index in [4.69, 9.17) is 9.15 Å². The van der Waals surface area contributed by atoms with Crippen LogP contribution >= 0.6 is 24.0 Å². The second-order valence-electron chi connectivity index (χ2n) is 7.76. The van der Waals surface area contributed by atoms with Crippen LogP contribution in [-0.2, 0) is 4.74 Å². The molecule has 4 rings (SSSR count). The number of ether oxygens (including phenoxy) is 1. The molecule has 174 valence electrons. The molecule has 2 aromatic rings. The number of aliphatic imine (C=N–C) groups is 1. The molecule has 1 N–H and O–H groups in total. The number of rotatable bonds is 5. The summed E-state index contributed by atoms with van der Waals surface area (Å²) in [5.74, 6) is 1.22. The fourth-order valence-corrected chi connectivity index (χ4v) is 4.22. The van der Waals surface area contributed by atoms with Crippen molar-refractivity contribution >= 4 is 35.8 Å². The summed E-state index contributed by atoms with van der Waals surface area (Å²) in [6.07, 6.45) is 1.53. The number of morpholine rings is 1. The van der Waals surface area contributed by atoms with E-state index in [1.54, 1.807) is 12.1 Å². The molecule has 9 heteroatoms. The van der Waals surface area contributed by atoms with E-state index >= 15 is 0 Å². The minimum Gasteiger partial charge on any atom is -0.459 e. The molecule has 2 saturated heterocycles. The average Bonchev–Trinajstić information content (AvgIpc) is 3.38. The predicted octanol–water partition coefficient (Wildman–Crippen LogP) is 2.30. The third-order valence-electron chi connectivity index (χ3n) is 5.93. The topological polar surface area (TPSA) is 73.6 Å². The summed E-state index contributed by atoms with van der Waals surface area (Å²) in [6, 6.07) is 14.3. The number of hydrogen-bond donors (Lipinski definition) is 1. The minimum absolute atomic E-state index is 0. The average molecular weight is 553 g/mol. The van der Waals surface area contributed by atoms with Gasteiger partial charge in [-0.3, -0.25) is 14.7 Å². The molecule has 1 aromatic heterocycles. The molecule has 32 heavy (non-hydrogen) atoms. The summed E-state index contributed by atoms with van der Waals surface area (Å²) < 4.78 is 10.8. The predicted molar refractivity (Wildman–Crippen MR) is 135 cm³/mol. The van der Waals surface area contributed by atoms with E-state index in [9.17, 15) is 4.79 Å². The normalized spacial score (nSPS) is 18.7. The summed E-state index contributed by atoms with van der Waals surface area (Å²) in [4.78, 5) is 23.5. The molecule has 2 fully saturated rings.